The predicted octanol–water partition coefficient (Wildman–Crippen LogP) is 25.6. The predicted molar refractivity (Wildman–Crippen MR) is 381 cm³/mol. The SMILES string of the molecule is CCCCCCC/C=C\C/C=C\CCCCCCCCCCCCCC(=O)OC(COC(=O)CCCCCCCCCCCCCCCCCCCCCCCCCCCCCCCCCCCCCCCCCCC)COP(=O)(O)OCC[N+](C)(C)C. The molecule has 88 heavy (non-hydrogen) atoms. The molecular weight excluding hydrogens is 1110 g/mol. The van der Waals surface area contributed by atoms with Gasteiger partial charge in [-0.3, -0.25) is 18.6 Å². The van der Waals surface area contributed by atoms with E-state index < -0.39 is 26.5 Å². The Labute approximate surface area is 549 Å². The largest absolute Gasteiger partial charge is 0.472 e. The molecule has 2 unspecified atom stereocenters. The minimum absolute atomic E-state index is 0.0342. The van der Waals surface area contributed by atoms with Crippen LogP contribution in [-0.4, -0.2) is 74.9 Å². The van der Waals surface area contributed by atoms with Gasteiger partial charge in [-0.25, -0.2) is 4.57 Å². The Morgan fingerprint density at radius 2 is 0.614 bits per heavy atom. The second kappa shape index (κ2) is 69.8. The quantitative estimate of drug-likeness (QED) is 0.0211. The normalized spacial score (nSPS) is 13.1. The summed E-state index contributed by atoms with van der Waals surface area (Å²) < 4.78 is 34.8. The number of likely N-dealkylation sites (N-methyl/N-ethyl adjacent to an activating group) is 1. The Morgan fingerprint density at radius 3 is 0.898 bits per heavy atom. The molecule has 0 saturated heterocycles. The summed E-state index contributed by atoms with van der Waals surface area (Å²) in [4.78, 5) is 35.9. The molecule has 0 fully saturated rings. The molecule has 0 spiro atoms. The van der Waals surface area contributed by atoms with Crippen molar-refractivity contribution in [2.24, 2.45) is 0 Å². The minimum atomic E-state index is -4.39. The third-order valence-corrected chi connectivity index (χ3v) is 19.0. The van der Waals surface area contributed by atoms with E-state index in [1.165, 1.54) is 340 Å². The molecule has 0 saturated carbocycles. The summed E-state index contributed by atoms with van der Waals surface area (Å²) >= 11 is 0. The number of nitrogens with zero attached hydrogens (tertiary/aromatic N) is 1. The van der Waals surface area contributed by atoms with Crippen LogP contribution < -0.4 is 0 Å². The maximum absolute atomic E-state index is 12.9. The second-order valence-electron chi connectivity index (χ2n) is 28.1. The van der Waals surface area contributed by atoms with E-state index in [4.69, 9.17) is 18.5 Å². The van der Waals surface area contributed by atoms with Gasteiger partial charge in [0.05, 0.1) is 27.7 Å². The summed E-state index contributed by atoms with van der Waals surface area (Å²) in [5, 5.41) is 0. The van der Waals surface area contributed by atoms with Crippen molar-refractivity contribution in [2.75, 3.05) is 47.5 Å². The molecule has 0 rings (SSSR count). The van der Waals surface area contributed by atoms with Crippen LogP contribution in [0.5, 0.6) is 0 Å². The topological polar surface area (TPSA) is 108 Å². The van der Waals surface area contributed by atoms with Crippen LogP contribution in [0.2, 0.25) is 0 Å². The van der Waals surface area contributed by atoms with Crippen molar-refractivity contribution in [3.63, 3.8) is 0 Å². The third-order valence-electron chi connectivity index (χ3n) is 18.0. The summed E-state index contributed by atoms with van der Waals surface area (Å²) in [5.41, 5.74) is 0. The molecule has 522 valence electrons. The molecule has 10 heteroatoms. The van der Waals surface area contributed by atoms with E-state index in [0.29, 0.717) is 23.9 Å². The van der Waals surface area contributed by atoms with Crippen LogP contribution in [0, 0.1) is 0 Å². The van der Waals surface area contributed by atoms with E-state index in [9.17, 15) is 19.0 Å². The van der Waals surface area contributed by atoms with Crippen molar-refractivity contribution < 1.29 is 42.1 Å². The number of phosphoric ester groups is 1. The van der Waals surface area contributed by atoms with Crippen molar-refractivity contribution in [1.29, 1.82) is 0 Å². The molecule has 0 bridgehead atoms. The molecular formula is C78H153NO8P+. The fourth-order valence-electron chi connectivity index (χ4n) is 12.0. The van der Waals surface area contributed by atoms with Crippen molar-refractivity contribution >= 4 is 19.8 Å². The zero-order chi connectivity index (χ0) is 64.1. The highest BCUT2D eigenvalue weighted by Gasteiger charge is 2.27. The number of ether oxygens (including phenoxy) is 2. The number of hydrogen-bond donors (Lipinski definition) is 1. The maximum atomic E-state index is 12.9. The molecule has 1 N–H and O–H groups in total. The molecule has 0 aromatic heterocycles. The van der Waals surface area contributed by atoms with Gasteiger partial charge in [-0.2, -0.15) is 0 Å². The van der Waals surface area contributed by atoms with Crippen molar-refractivity contribution in [3.05, 3.63) is 24.3 Å². The van der Waals surface area contributed by atoms with Crippen LogP contribution in [-0.2, 0) is 32.7 Å². The number of hydrogen-bond acceptors (Lipinski definition) is 7. The van der Waals surface area contributed by atoms with Gasteiger partial charge in [0.15, 0.2) is 6.10 Å². The summed E-state index contributed by atoms with van der Waals surface area (Å²) in [5.74, 6) is -0.777. The molecule has 0 aliphatic heterocycles. The van der Waals surface area contributed by atoms with Crippen LogP contribution in [0.3, 0.4) is 0 Å². The number of esters is 2. The Morgan fingerprint density at radius 1 is 0.352 bits per heavy atom. The minimum Gasteiger partial charge on any atom is -0.462 e. The second-order valence-corrected chi connectivity index (χ2v) is 29.6. The molecule has 0 heterocycles. The van der Waals surface area contributed by atoms with Crippen LogP contribution in [0.25, 0.3) is 0 Å². The number of carbonyl (C=O) groups is 2. The lowest BCUT2D eigenvalue weighted by atomic mass is 10.0. The molecule has 2 atom stereocenters. The van der Waals surface area contributed by atoms with Gasteiger partial charge in [-0.05, 0) is 44.9 Å². The highest BCUT2D eigenvalue weighted by molar-refractivity contribution is 7.47. The van der Waals surface area contributed by atoms with E-state index in [1.807, 2.05) is 21.1 Å². The Bertz CT molecular complexity index is 1530. The van der Waals surface area contributed by atoms with Gasteiger partial charge in [-0.1, -0.05) is 378 Å². The van der Waals surface area contributed by atoms with E-state index in [0.717, 1.165) is 38.5 Å². The summed E-state index contributed by atoms with van der Waals surface area (Å²) in [6, 6.07) is 0. The van der Waals surface area contributed by atoms with Gasteiger partial charge in [-0.15, -0.1) is 0 Å². The molecule has 0 aliphatic rings. The van der Waals surface area contributed by atoms with Gasteiger partial charge in [0.25, 0.3) is 0 Å². The van der Waals surface area contributed by atoms with Gasteiger partial charge >= 0.3 is 19.8 Å². The standard InChI is InChI=1S/C78H152NO8P/c1-6-8-10-12-14-16-18-20-22-24-26-28-30-31-32-33-34-35-36-37-38-39-40-41-42-43-44-45-46-47-49-50-52-54-56-58-60-62-64-66-68-70-77(80)84-74-76(75-86-88(82,83)85-73-72-79(3,4)5)87-78(81)71-69-67-65-63-61-59-57-55-53-51-48-29-27-25-23-21-19-17-15-13-11-9-7-2/h19,21,25,27,76H,6-18,20,22-24,26,28-75H2,1-5H3/p+1/b21-19-,27-25-. The van der Waals surface area contributed by atoms with Crippen LogP contribution in [0.4, 0.5) is 0 Å². The van der Waals surface area contributed by atoms with Gasteiger partial charge < -0.3 is 18.9 Å². The first-order valence-corrected chi connectivity index (χ1v) is 40.6. The number of rotatable bonds is 74. The highest BCUT2D eigenvalue weighted by Crippen LogP contribution is 2.43. The lowest BCUT2D eigenvalue weighted by molar-refractivity contribution is -0.870. The smallest absolute Gasteiger partial charge is 0.462 e. The van der Waals surface area contributed by atoms with E-state index >= 15 is 0 Å². The summed E-state index contributed by atoms with van der Waals surface area (Å²) in [7, 11) is 1.50. The monoisotopic (exact) mass is 1260 g/mol. The number of phosphoric acid groups is 1. The van der Waals surface area contributed by atoms with Crippen molar-refractivity contribution in [1.82, 2.24) is 0 Å². The van der Waals surface area contributed by atoms with E-state index in [2.05, 4.69) is 38.2 Å². The fraction of sp³-hybridized carbons (Fsp3) is 0.923. The third kappa shape index (κ3) is 73.5. The van der Waals surface area contributed by atoms with Crippen LogP contribution >= 0.6 is 7.82 Å². The highest BCUT2D eigenvalue weighted by atomic mass is 31.2. The van der Waals surface area contributed by atoms with E-state index in [-0.39, 0.29) is 25.6 Å². The Hall–Kier alpha value is -1.51. The average Bonchev–Trinajstić information content (AvgIpc) is 3.68. The Balaban J connectivity index is 3.85. The average molecular weight is 1260 g/mol. The molecule has 0 aromatic carbocycles. The van der Waals surface area contributed by atoms with Gasteiger partial charge in [0, 0.05) is 12.8 Å². The first-order chi connectivity index (χ1) is 43.0. The lowest BCUT2D eigenvalue weighted by Gasteiger charge is -2.24. The fourth-order valence-corrected chi connectivity index (χ4v) is 12.7. The molecule has 0 amide bonds. The maximum Gasteiger partial charge on any atom is 0.472 e. The zero-order valence-corrected chi connectivity index (χ0v) is 60.6. The van der Waals surface area contributed by atoms with Crippen LogP contribution in [0.15, 0.2) is 24.3 Å². The van der Waals surface area contributed by atoms with E-state index in [1.54, 1.807) is 0 Å². The molecule has 9 nitrogen and oxygen atoms in total. The Kier molecular flexibility index (Phi) is 68.6. The summed E-state index contributed by atoms with van der Waals surface area (Å²) in [6.45, 7) is 4.50. The molecule has 0 radical (unpaired) electrons. The molecule has 0 aromatic rings. The summed E-state index contributed by atoms with van der Waals surface area (Å²) in [6.07, 6.45) is 89.1. The lowest BCUT2D eigenvalue weighted by Crippen LogP contribution is -2.37. The van der Waals surface area contributed by atoms with Gasteiger partial charge in [0.2, 0.25) is 0 Å². The first-order valence-electron chi connectivity index (χ1n) is 39.1. The van der Waals surface area contributed by atoms with Gasteiger partial charge in [0.1, 0.15) is 19.8 Å². The zero-order valence-electron chi connectivity index (χ0n) is 59.8. The van der Waals surface area contributed by atoms with Crippen LogP contribution in [0.1, 0.15) is 412 Å². The van der Waals surface area contributed by atoms with Crippen molar-refractivity contribution in [2.45, 2.75) is 418 Å². The van der Waals surface area contributed by atoms with Crippen molar-refractivity contribution in [3.8, 4) is 0 Å². The number of allylic oxidation sites excluding steroid dienone is 4. The first kappa shape index (κ1) is 86.5. The number of quaternary nitrogens is 1. The molecule has 0 aliphatic carbocycles. The number of unbranched alkanes of at least 4 members (excludes halogenated alkanes) is 56. The number of carbonyl (C=O) groups excluding carboxylic acids is 2.